The van der Waals surface area contributed by atoms with Crippen LogP contribution >= 0.6 is 0 Å². The Balaban J connectivity index is 2.22. The minimum Gasteiger partial charge on any atom is -0.502 e. The SMILES string of the molecule is CC(C)(C)OC(=O)N1CCc2ccc(O)c([N+](=O)[O-])c2CC1. The third kappa shape index (κ3) is 3.47. The highest BCUT2D eigenvalue weighted by molar-refractivity contribution is 5.68. The number of ether oxygens (including phenoxy) is 1. The van der Waals surface area contributed by atoms with Gasteiger partial charge in [-0.2, -0.15) is 0 Å². The molecule has 1 aliphatic heterocycles. The highest BCUT2D eigenvalue weighted by atomic mass is 16.6. The molecule has 0 saturated carbocycles. The normalized spacial score (nSPS) is 15.0. The second-order valence-electron chi connectivity index (χ2n) is 6.30. The number of nitro groups is 1. The van der Waals surface area contributed by atoms with Gasteiger partial charge in [-0.25, -0.2) is 4.79 Å². The summed E-state index contributed by atoms with van der Waals surface area (Å²) in [7, 11) is 0. The Morgan fingerprint density at radius 3 is 2.55 bits per heavy atom. The number of carbonyl (C=O) groups is 1. The van der Waals surface area contributed by atoms with Crippen LogP contribution < -0.4 is 0 Å². The van der Waals surface area contributed by atoms with Crippen LogP contribution in [0, 0.1) is 10.1 Å². The summed E-state index contributed by atoms with van der Waals surface area (Å²) in [5.41, 5.74) is 0.440. The second-order valence-corrected chi connectivity index (χ2v) is 6.30. The molecule has 7 nitrogen and oxygen atoms in total. The molecular formula is C15H20N2O5. The van der Waals surface area contributed by atoms with Crippen LogP contribution in [0.3, 0.4) is 0 Å². The zero-order chi connectivity index (χ0) is 16.5. The molecule has 0 unspecified atom stereocenters. The lowest BCUT2D eigenvalue weighted by atomic mass is 10.0. The highest BCUT2D eigenvalue weighted by Crippen LogP contribution is 2.34. The molecule has 0 radical (unpaired) electrons. The minimum atomic E-state index is -0.583. The van der Waals surface area contributed by atoms with Gasteiger partial charge in [0.25, 0.3) is 0 Å². The van der Waals surface area contributed by atoms with Crippen molar-refractivity contribution in [3.8, 4) is 5.75 Å². The molecule has 0 saturated heterocycles. The zero-order valence-corrected chi connectivity index (χ0v) is 13.0. The van der Waals surface area contributed by atoms with Crippen molar-refractivity contribution in [2.45, 2.75) is 39.2 Å². The number of phenolic OH excluding ortho intramolecular Hbond substituents is 1. The summed E-state index contributed by atoms with van der Waals surface area (Å²) >= 11 is 0. The number of rotatable bonds is 1. The summed E-state index contributed by atoms with van der Waals surface area (Å²) in [6.07, 6.45) is 0.391. The topological polar surface area (TPSA) is 92.9 Å². The number of carbonyl (C=O) groups excluding carboxylic acids is 1. The fourth-order valence-corrected chi connectivity index (χ4v) is 2.51. The second kappa shape index (κ2) is 5.82. The van der Waals surface area contributed by atoms with E-state index in [1.165, 1.54) is 6.07 Å². The maximum atomic E-state index is 12.1. The Morgan fingerprint density at radius 2 is 1.95 bits per heavy atom. The van der Waals surface area contributed by atoms with Gasteiger partial charge >= 0.3 is 11.8 Å². The molecule has 0 atom stereocenters. The van der Waals surface area contributed by atoms with Gasteiger partial charge in [0.15, 0.2) is 5.75 Å². The van der Waals surface area contributed by atoms with E-state index in [1.54, 1.807) is 31.7 Å². The number of aromatic hydroxyl groups is 1. The van der Waals surface area contributed by atoms with Crippen LogP contribution in [0.1, 0.15) is 31.9 Å². The molecule has 22 heavy (non-hydrogen) atoms. The minimum absolute atomic E-state index is 0.261. The summed E-state index contributed by atoms with van der Waals surface area (Å²) in [5.74, 6) is -0.338. The van der Waals surface area contributed by atoms with E-state index in [-0.39, 0.29) is 11.4 Å². The van der Waals surface area contributed by atoms with Crippen molar-refractivity contribution in [3.63, 3.8) is 0 Å². The molecule has 120 valence electrons. The average molecular weight is 308 g/mol. The monoisotopic (exact) mass is 308 g/mol. The first-order valence-electron chi connectivity index (χ1n) is 7.15. The molecular weight excluding hydrogens is 288 g/mol. The number of benzene rings is 1. The highest BCUT2D eigenvalue weighted by Gasteiger charge is 2.29. The van der Waals surface area contributed by atoms with E-state index in [9.17, 15) is 20.0 Å². The largest absolute Gasteiger partial charge is 0.502 e. The maximum Gasteiger partial charge on any atom is 0.410 e. The predicted molar refractivity (Wildman–Crippen MR) is 80.0 cm³/mol. The number of fused-ring (bicyclic) bond motifs is 1. The zero-order valence-electron chi connectivity index (χ0n) is 13.0. The molecule has 7 heteroatoms. The van der Waals surface area contributed by atoms with E-state index >= 15 is 0 Å². The molecule has 1 aromatic carbocycles. The van der Waals surface area contributed by atoms with Crippen LogP contribution in [-0.4, -0.2) is 39.7 Å². The molecule has 2 rings (SSSR count). The van der Waals surface area contributed by atoms with E-state index in [0.717, 1.165) is 5.56 Å². The Kier molecular flexibility index (Phi) is 4.25. The van der Waals surface area contributed by atoms with Crippen LogP contribution in [0.25, 0.3) is 0 Å². The molecule has 1 aromatic rings. The summed E-state index contributed by atoms with van der Waals surface area (Å²) in [4.78, 5) is 24.2. The van der Waals surface area contributed by atoms with Gasteiger partial charge < -0.3 is 14.7 Å². The number of phenols is 1. The van der Waals surface area contributed by atoms with Crippen LogP contribution in [0.5, 0.6) is 5.75 Å². The molecule has 1 heterocycles. The molecule has 0 spiro atoms. The van der Waals surface area contributed by atoms with Crippen LogP contribution in [0.2, 0.25) is 0 Å². The van der Waals surface area contributed by atoms with Gasteiger partial charge in [0.2, 0.25) is 0 Å². The molecule has 0 aromatic heterocycles. The van der Waals surface area contributed by atoms with Crippen molar-refractivity contribution in [2.75, 3.05) is 13.1 Å². The molecule has 1 amide bonds. The number of nitrogens with zero attached hydrogens (tertiary/aromatic N) is 2. The van der Waals surface area contributed by atoms with Gasteiger partial charge in [-0.15, -0.1) is 0 Å². The Labute approximate surface area is 128 Å². The molecule has 1 aliphatic rings. The first-order chi connectivity index (χ1) is 10.2. The number of hydrogen-bond acceptors (Lipinski definition) is 5. The molecule has 1 N–H and O–H groups in total. The van der Waals surface area contributed by atoms with Crippen molar-refractivity contribution in [1.29, 1.82) is 0 Å². The summed E-state index contributed by atoms with van der Waals surface area (Å²) in [6, 6.07) is 3.01. The van der Waals surface area contributed by atoms with Gasteiger partial charge in [0, 0.05) is 18.7 Å². The van der Waals surface area contributed by atoms with E-state index < -0.39 is 16.6 Å². The van der Waals surface area contributed by atoms with Crippen molar-refractivity contribution < 1.29 is 19.6 Å². The maximum absolute atomic E-state index is 12.1. The lowest BCUT2D eigenvalue weighted by Gasteiger charge is -2.26. The Morgan fingerprint density at radius 1 is 1.32 bits per heavy atom. The lowest BCUT2D eigenvalue weighted by molar-refractivity contribution is -0.386. The quantitative estimate of drug-likeness (QED) is 0.636. The average Bonchev–Trinajstić information content (AvgIpc) is 2.58. The Bertz CT molecular complexity index is 607. The van der Waals surface area contributed by atoms with Crippen molar-refractivity contribution in [3.05, 3.63) is 33.4 Å². The van der Waals surface area contributed by atoms with E-state index in [4.69, 9.17) is 4.74 Å². The van der Waals surface area contributed by atoms with Crippen molar-refractivity contribution in [1.82, 2.24) is 4.90 Å². The van der Waals surface area contributed by atoms with Crippen LogP contribution in [-0.2, 0) is 17.6 Å². The summed E-state index contributed by atoms with van der Waals surface area (Å²) in [5, 5.41) is 20.9. The van der Waals surface area contributed by atoms with Crippen LogP contribution in [0.4, 0.5) is 10.5 Å². The molecule has 0 aliphatic carbocycles. The first-order valence-corrected chi connectivity index (χ1v) is 7.15. The standard InChI is InChI=1S/C15H20N2O5/c1-15(2,3)22-14(19)16-8-6-10-4-5-12(18)13(17(20)21)11(10)7-9-16/h4-5,18H,6-9H2,1-3H3. The smallest absolute Gasteiger partial charge is 0.410 e. The van der Waals surface area contributed by atoms with Crippen LogP contribution in [0.15, 0.2) is 12.1 Å². The number of amides is 1. The van der Waals surface area contributed by atoms with Gasteiger partial charge in [-0.3, -0.25) is 10.1 Å². The molecule has 0 bridgehead atoms. The van der Waals surface area contributed by atoms with Crippen molar-refractivity contribution >= 4 is 11.8 Å². The predicted octanol–water partition coefficient (Wildman–Crippen LogP) is 2.64. The fourth-order valence-electron chi connectivity index (χ4n) is 2.51. The third-order valence-electron chi connectivity index (χ3n) is 3.48. The number of hydrogen-bond donors (Lipinski definition) is 1. The van der Waals surface area contributed by atoms with Gasteiger partial charge in [-0.1, -0.05) is 6.07 Å². The fraction of sp³-hybridized carbons (Fsp3) is 0.533. The van der Waals surface area contributed by atoms with E-state index in [2.05, 4.69) is 0 Å². The van der Waals surface area contributed by atoms with Gasteiger partial charge in [0.1, 0.15) is 5.60 Å². The lowest BCUT2D eigenvalue weighted by Crippen LogP contribution is -2.38. The summed E-state index contributed by atoms with van der Waals surface area (Å²) < 4.78 is 5.34. The van der Waals surface area contributed by atoms with Gasteiger partial charge in [-0.05, 0) is 45.2 Å². The third-order valence-corrected chi connectivity index (χ3v) is 3.48. The first kappa shape index (κ1) is 16.1. The van der Waals surface area contributed by atoms with E-state index in [0.29, 0.717) is 31.5 Å². The number of nitro benzene ring substituents is 1. The Hall–Kier alpha value is -2.31. The van der Waals surface area contributed by atoms with Crippen molar-refractivity contribution in [2.24, 2.45) is 0 Å². The molecule has 0 fully saturated rings. The van der Waals surface area contributed by atoms with E-state index in [1.807, 2.05) is 0 Å². The van der Waals surface area contributed by atoms with Gasteiger partial charge in [0.05, 0.1) is 4.92 Å². The summed E-state index contributed by atoms with van der Waals surface area (Å²) in [6.45, 7) is 6.14.